The van der Waals surface area contributed by atoms with Crippen LogP contribution >= 0.6 is 23.2 Å². The van der Waals surface area contributed by atoms with Gasteiger partial charge in [-0.1, -0.05) is 25.4 Å². The Morgan fingerprint density at radius 2 is 2.16 bits per heavy atom. The summed E-state index contributed by atoms with van der Waals surface area (Å²) in [6.45, 7) is 6.69. The maximum atomic E-state index is 6.27. The Balaban J connectivity index is 1.90. The van der Waals surface area contributed by atoms with Gasteiger partial charge in [-0.3, -0.25) is 0 Å². The minimum Gasteiger partial charge on any atom is -0.493 e. The molecule has 0 aliphatic carbocycles. The van der Waals surface area contributed by atoms with Crippen LogP contribution in [0.4, 0.5) is 0 Å². The normalized spacial score (nSPS) is 15.4. The van der Waals surface area contributed by atoms with Crippen molar-refractivity contribution in [1.82, 2.24) is 5.32 Å². The molecule has 0 amide bonds. The number of hydrogen-bond donors (Lipinski definition) is 1. The summed E-state index contributed by atoms with van der Waals surface area (Å²) in [7, 11) is 0. The van der Waals surface area contributed by atoms with E-state index < -0.39 is 0 Å². The Kier molecular flexibility index (Phi) is 5.37. The zero-order valence-electron chi connectivity index (χ0n) is 11.5. The van der Waals surface area contributed by atoms with E-state index in [1.165, 1.54) is 5.56 Å². The van der Waals surface area contributed by atoms with Crippen molar-refractivity contribution in [3.05, 3.63) is 28.3 Å². The van der Waals surface area contributed by atoms with Crippen LogP contribution in [0.2, 0.25) is 5.02 Å². The lowest BCUT2D eigenvalue weighted by Gasteiger charge is -2.14. The molecule has 0 fully saturated rings. The van der Waals surface area contributed by atoms with Crippen LogP contribution in [0.5, 0.6) is 5.75 Å². The first-order valence-corrected chi connectivity index (χ1v) is 7.66. The molecule has 0 saturated heterocycles. The van der Waals surface area contributed by atoms with E-state index in [-0.39, 0.29) is 5.38 Å². The van der Waals surface area contributed by atoms with Crippen molar-refractivity contribution in [2.45, 2.75) is 38.6 Å². The maximum absolute atomic E-state index is 6.27. The maximum Gasteiger partial charge on any atom is 0.127 e. The Morgan fingerprint density at radius 1 is 1.37 bits per heavy atom. The summed E-state index contributed by atoms with van der Waals surface area (Å²) < 4.78 is 5.68. The van der Waals surface area contributed by atoms with Crippen molar-refractivity contribution in [1.29, 1.82) is 0 Å². The lowest BCUT2D eigenvalue weighted by Crippen LogP contribution is -2.24. The molecule has 0 spiro atoms. The van der Waals surface area contributed by atoms with Crippen molar-refractivity contribution < 1.29 is 4.74 Å². The largest absolute Gasteiger partial charge is 0.493 e. The topological polar surface area (TPSA) is 21.3 Å². The standard InChI is InChI=1S/C15H21Cl2NO/c1-10(2)5-14(17)9-18-8-12-7-13(16)6-11-3-4-19-15(11)12/h6-7,10,14,18H,3-5,8-9H2,1-2H3. The Morgan fingerprint density at radius 3 is 2.89 bits per heavy atom. The van der Waals surface area contributed by atoms with Crippen LogP contribution in [0, 0.1) is 5.92 Å². The molecule has 1 aromatic carbocycles. The molecule has 2 rings (SSSR count). The predicted molar refractivity (Wildman–Crippen MR) is 81.5 cm³/mol. The van der Waals surface area contributed by atoms with Crippen LogP contribution in [-0.4, -0.2) is 18.5 Å². The molecule has 2 nitrogen and oxygen atoms in total. The van der Waals surface area contributed by atoms with Gasteiger partial charge in [-0.25, -0.2) is 0 Å². The van der Waals surface area contributed by atoms with E-state index in [9.17, 15) is 0 Å². The Bertz CT molecular complexity index is 434. The van der Waals surface area contributed by atoms with Gasteiger partial charge in [0.2, 0.25) is 0 Å². The molecule has 1 unspecified atom stereocenters. The minimum absolute atomic E-state index is 0.174. The molecule has 4 heteroatoms. The van der Waals surface area contributed by atoms with Gasteiger partial charge in [0.15, 0.2) is 0 Å². The fraction of sp³-hybridized carbons (Fsp3) is 0.600. The molecule has 1 aromatic rings. The molecule has 1 aliphatic rings. The molecule has 0 radical (unpaired) electrons. The van der Waals surface area contributed by atoms with Gasteiger partial charge in [0.1, 0.15) is 5.75 Å². The first-order chi connectivity index (χ1) is 9.06. The highest BCUT2D eigenvalue weighted by molar-refractivity contribution is 6.30. The van der Waals surface area contributed by atoms with E-state index in [0.717, 1.165) is 48.9 Å². The van der Waals surface area contributed by atoms with Crippen molar-refractivity contribution in [2.75, 3.05) is 13.2 Å². The van der Waals surface area contributed by atoms with Gasteiger partial charge in [0, 0.05) is 35.5 Å². The van der Waals surface area contributed by atoms with Gasteiger partial charge in [-0.2, -0.15) is 0 Å². The second kappa shape index (κ2) is 6.83. The van der Waals surface area contributed by atoms with Gasteiger partial charge in [-0.05, 0) is 30.0 Å². The van der Waals surface area contributed by atoms with Crippen molar-refractivity contribution in [3.8, 4) is 5.75 Å². The molecule has 0 bridgehead atoms. The molecule has 0 aromatic heterocycles. The molecule has 19 heavy (non-hydrogen) atoms. The van der Waals surface area contributed by atoms with E-state index in [4.69, 9.17) is 27.9 Å². The fourth-order valence-corrected chi connectivity index (χ4v) is 3.16. The average molecular weight is 302 g/mol. The zero-order chi connectivity index (χ0) is 13.8. The van der Waals surface area contributed by atoms with E-state index in [0.29, 0.717) is 5.92 Å². The first kappa shape index (κ1) is 15.0. The molecular formula is C15H21Cl2NO. The van der Waals surface area contributed by atoms with Crippen LogP contribution in [0.25, 0.3) is 0 Å². The number of alkyl halides is 1. The van der Waals surface area contributed by atoms with E-state index in [1.807, 2.05) is 12.1 Å². The second-order valence-corrected chi connectivity index (χ2v) is 6.56. The predicted octanol–water partition coefficient (Wildman–Crippen LogP) is 4.02. The van der Waals surface area contributed by atoms with Crippen LogP contribution in [0.15, 0.2) is 12.1 Å². The summed E-state index contributed by atoms with van der Waals surface area (Å²) >= 11 is 12.4. The summed E-state index contributed by atoms with van der Waals surface area (Å²) in [6.07, 6.45) is 1.98. The van der Waals surface area contributed by atoms with Crippen LogP contribution in [0.1, 0.15) is 31.4 Å². The number of fused-ring (bicyclic) bond motifs is 1. The Hall–Kier alpha value is -0.440. The Labute approximate surface area is 125 Å². The van der Waals surface area contributed by atoms with Crippen molar-refractivity contribution >= 4 is 23.2 Å². The van der Waals surface area contributed by atoms with Gasteiger partial charge in [0.05, 0.1) is 6.61 Å². The smallest absolute Gasteiger partial charge is 0.127 e. The zero-order valence-corrected chi connectivity index (χ0v) is 13.0. The summed E-state index contributed by atoms with van der Waals surface area (Å²) in [6, 6.07) is 3.97. The monoisotopic (exact) mass is 301 g/mol. The van der Waals surface area contributed by atoms with Crippen LogP contribution in [0.3, 0.4) is 0 Å². The van der Waals surface area contributed by atoms with Crippen LogP contribution < -0.4 is 10.1 Å². The van der Waals surface area contributed by atoms with E-state index >= 15 is 0 Å². The second-order valence-electron chi connectivity index (χ2n) is 5.51. The molecule has 1 N–H and O–H groups in total. The van der Waals surface area contributed by atoms with Crippen molar-refractivity contribution in [2.24, 2.45) is 5.92 Å². The highest BCUT2D eigenvalue weighted by Crippen LogP contribution is 2.32. The summed E-state index contributed by atoms with van der Waals surface area (Å²) in [5.74, 6) is 1.63. The number of rotatable bonds is 6. The summed E-state index contributed by atoms with van der Waals surface area (Å²) in [5, 5.41) is 4.35. The van der Waals surface area contributed by atoms with E-state index in [2.05, 4.69) is 19.2 Å². The third kappa shape index (κ3) is 4.27. The summed E-state index contributed by atoms with van der Waals surface area (Å²) in [4.78, 5) is 0. The number of ether oxygens (including phenoxy) is 1. The van der Waals surface area contributed by atoms with Gasteiger partial charge >= 0.3 is 0 Å². The van der Waals surface area contributed by atoms with Gasteiger partial charge in [-0.15, -0.1) is 11.6 Å². The highest BCUT2D eigenvalue weighted by atomic mass is 35.5. The molecule has 1 atom stereocenters. The molecule has 0 saturated carbocycles. The fourth-order valence-electron chi connectivity index (χ4n) is 2.44. The lowest BCUT2D eigenvalue weighted by atomic mass is 10.1. The van der Waals surface area contributed by atoms with E-state index in [1.54, 1.807) is 0 Å². The number of halogens is 2. The molecule has 1 heterocycles. The lowest BCUT2D eigenvalue weighted by molar-refractivity contribution is 0.352. The molecule has 1 aliphatic heterocycles. The van der Waals surface area contributed by atoms with Crippen LogP contribution in [-0.2, 0) is 13.0 Å². The third-order valence-corrected chi connectivity index (χ3v) is 3.78. The third-order valence-electron chi connectivity index (χ3n) is 3.23. The quantitative estimate of drug-likeness (QED) is 0.801. The minimum atomic E-state index is 0.174. The SMILES string of the molecule is CC(C)CC(Cl)CNCc1cc(Cl)cc2c1OCC2. The highest BCUT2D eigenvalue weighted by Gasteiger charge is 2.17. The number of hydrogen-bond acceptors (Lipinski definition) is 2. The molecule has 106 valence electrons. The van der Waals surface area contributed by atoms with Gasteiger partial charge < -0.3 is 10.1 Å². The molecular weight excluding hydrogens is 281 g/mol. The number of benzene rings is 1. The number of nitrogens with one attached hydrogen (secondary N) is 1. The average Bonchev–Trinajstić information content (AvgIpc) is 2.75. The first-order valence-electron chi connectivity index (χ1n) is 6.85. The van der Waals surface area contributed by atoms with Crippen molar-refractivity contribution in [3.63, 3.8) is 0 Å². The summed E-state index contributed by atoms with van der Waals surface area (Å²) in [5.41, 5.74) is 2.35. The van der Waals surface area contributed by atoms with Gasteiger partial charge in [0.25, 0.3) is 0 Å².